The molecule has 2 N–H and O–H groups in total. The number of rotatable bonds is 5. The Bertz CT molecular complexity index is 777. The lowest BCUT2D eigenvalue weighted by atomic mass is 10.1. The van der Waals surface area contributed by atoms with E-state index < -0.39 is 0 Å². The van der Waals surface area contributed by atoms with Gasteiger partial charge in [0.25, 0.3) is 5.91 Å². The van der Waals surface area contributed by atoms with Crippen LogP contribution in [-0.2, 0) is 0 Å². The first kappa shape index (κ1) is 14.9. The fraction of sp³-hybridized carbons (Fsp3) is 0.267. The van der Waals surface area contributed by atoms with Crippen molar-refractivity contribution >= 4 is 5.91 Å². The lowest BCUT2D eigenvalue weighted by molar-refractivity contribution is 0.0934. The molecule has 0 aliphatic rings. The Labute approximate surface area is 132 Å². The highest BCUT2D eigenvalue weighted by molar-refractivity contribution is 5.94. The zero-order valence-electron chi connectivity index (χ0n) is 12.9. The molecular weight excluding hydrogens is 294 g/mol. The number of nitrogens with zero attached hydrogens (tertiary/aromatic N) is 5. The van der Waals surface area contributed by atoms with E-state index in [0.717, 1.165) is 11.5 Å². The predicted molar refractivity (Wildman–Crippen MR) is 83.0 cm³/mol. The molecule has 2 aromatic heterocycles. The van der Waals surface area contributed by atoms with Crippen LogP contribution in [0.1, 0.15) is 41.4 Å². The van der Waals surface area contributed by atoms with E-state index in [9.17, 15) is 4.79 Å². The third-order valence-electron chi connectivity index (χ3n) is 3.46. The highest BCUT2D eigenvalue weighted by Crippen LogP contribution is 2.14. The largest absolute Gasteiger partial charge is 0.342 e. The van der Waals surface area contributed by atoms with Crippen LogP contribution >= 0.6 is 0 Å². The van der Waals surface area contributed by atoms with Crippen LogP contribution in [-0.4, -0.2) is 36.1 Å². The minimum absolute atomic E-state index is 0.163. The smallest absolute Gasteiger partial charge is 0.251 e. The second-order valence-electron chi connectivity index (χ2n) is 5.11. The number of hydrogen-bond donors (Lipinski definition) is 2. The van der Waals surface area contributed by atoms with E-state index in [1.807, 2.05) is 26.0 Å². The van der Waals surface area contributed by atoms with Crippen molar-refractivity contribution < 1.29 is 4.79 Å². The number of carbonyl (C=O) groups is 1. The van der Waals surface area contributed by atoms with Gasteiger partial charge in [0.15, 0.2) is 5.82 Å². The van der Waals surface area contributed by atoms with Crippen molar-refractivity contribution in [2.24, 2.45) is 0 Å². The molecule has 1 aromatic carbocycles. The standard InChI is InChI=1S/C15H17N7O/c1-3-13(14-17-10(2)19-20-14)18-15(23)11-4-6-12(7-5-11)22-9-8-16-21-22/h4-9,13H,3H2,1-2H3,(H,18,23)(H,17,19,20)/t13-/m0/s1. The monoisotopic (exact) mass is 311 g/mol. The minimum atomic E-state index is -0.220. The van der Waals surface area contributed by atoms with Gasteiger partial charge in [-0.25, -0.2) is 9.67 Å². The number of nitrogens with one attached hydrogen (secondary N) is 2. The summed E-state index contributed by atoms with van der Waals surface area (Å²) >= 11 is 0. The summed E-state index contributed by atoms with van der Waals surface area (Å²) in [7, 11) is 0. The van der Waals surface area contributed by atoms with Crippen LogP contribution in [0, 0.1) is 6.92 Å². The summed E-state index contributed by atoms with van der Waals surface area (Å²) in [5, 5.41) is 17.5. The maximum absolute atomic E-state index is 12.4. The van der Waals surface area contributed by atoms with Crippen LogP contribution in [0.15, 0.2) is 36.7 Å². The molecule has 8 nitrogen and oxygen atoms in total. The fourth-order valence-corrected chi connectivity index (χ4v) is 2.22. The number of aromatic amines is 1. The minimum Gasteiger partial charge on any atom is -0.342 e. The molecule has 0 saturated carbocycles. The Kier molecular flexibility index (Phi) is 4.13. The third kappa shape index (κ3) is 3.25. The lowest BCUT2D eigenvalue weighted by Crippen LogP contribution is -2.29. The van der Waals surface area contributed by atoms with Crippen molar-refractivity contribution in [3.05, 3.63) is 53.9 Å². The van der Waals surface area contributed by atoms with Gasteiger partial charge < -0.3 is 5.32 Å². The van der Waals surface area contributed by atoms with Gasteiger partial charge in [-0.15, -0.1) is 5.10 Å². The van der Waals surface area contributed by atoms with E-state index in [2.05, 4.69) is 30.8 Å². The van der Waals surface area contributed by atoms with Gasteiger partial charge in [-0.1, -0.05) is 12.1 Å². The van der Waals surface area contributed by atoms with Crippen LogP contribution in [0.25, 0.3) is 5.69 Å². The van der Waals surface area contributed by atoms with E-state index >= 15 is 0 Å². The number of H-pyrrole nitrogens is 1. The number of carbonyl (C=O) groups excluding carboxylic acids is 1. The SMILES string of the molecule is CC[C@H](NC(=O)c1ccc(-n2ccnn2)cc1)c1n[nH]c(C)n1. The van der Waals surface area contributed by atoms with Crippen molar-refractivity contribution in [1.29, 1.82) is 0 Å². The van der Waals surface area contributed by atoms with Gasteiger partial charge in [-0.3, -0.25) is 9.89 Å². The van der Waals surface area contributed by atoms with Gasteiger partial charge >= 0.3 is 0 Å². The zero-order valence-corrected chi connectivity index (χ0v) is 12.9. The summed E-state index contributed by atoms with van der Waals surface area (Å²) in [4.78, 5) is 16.7. The average molecular weight is 311 g/mol. The van der Waals surface area contributed by atoms with E-state index in [4.69, 9.17) is 0 Å². The van der Waals surface area contributed by atoms with Gasteiger partial charge in [-0.2, -0.15) is 5.10 Å². The van der Waals surface area contributed by atoms with Crippen molar-refractivity contribution in [2.45, 2.75) is 26.3 Å². The van der Waals surface area contributed by atoms with Gasteiger partial charge in [0.1, 0.15) is 5.82 Å². The molecule has 23 heavy (non-hydrogen) atoms. The Balaban J connectivity index is 1.72. The van der Waals surface area contributed by atoms with Crippen LogP contribution < -0.4 is 5.32 Å². The first-order valence-corrected chi connectivity index (χ1v) is 7.34. The van der Waals surface area contributed by atoms with Gasteiger partial charge in [0, 0.05) is 5.56 Å². The molecule has 0 radical (unpaired) electrons. The summed E-state index contributed by atoms with van der Waals surface area (Å²) in [6.45, 7) is 3.80. The Morgan fingerprint density at radius 3 is 2.70 bits per heavy atom. The molecule has 3 rings (SSSR count). The zero-order chi connectivity index (χ0) is 16.2. The molecular formula is C15H17N7O. The molecule has 3 aromatic rings. The number of aryl methyl sites for hydroxylation is 1. The van der Waals surface area contributed by atoms with E-state index in [1.54, 1.807) is 29.2 Å². The van der Waals surface area contributed by atoms with Gasteiger partial charge in [0.2, 0.25) is 0 Å². The third-order valence-corrected chi connectivity index (χ3v) is 3.46. The van der Waals surface area contributed by atoms with E-state index in [-0.39, 0.29) is 11.9 Å². The molecule has 1 amide bonds. The number of amides is 1. The summed E-state index contributed by atoms with van der Waals surface area (Å²) in [5.41, 5.74) is 1.41. The maximum Gasteiger partial charge on any atom is 0.251 e. The molecule has 2 heterocycles. The number of hydrogen-bond acceptors (Lipinski definition) is 5. The summed E-state index contributed by atoms with van der Waals surface area (Å²) in [6.07, 6.45) is 4.05. The Morgan fingerprint density at radius 2 is 2.13 bits per heavy atom. The van der Waals surface area contributed by atoms with Crippen molar-refractivity contribution in [2.75, 3.05) is 0 Å². The first-order valence-electron chi connectivity index (χ1n) is 7.34. The maximum atomic E-state index is 12.4. The van der Waals surface area contributed by atoms with Crippen LogP contribution in [0.3, 0.4) is 0 Å². The predicted octanol–water partition coefficient (Wildman–Crippen LogP) is 1.57. The molecule has 0 fully saturated rings. The number of aromatic nitrogens is 6. The molecule has 0 saturated heterocycles. The normalized spacial score (nSPS) is 12.1. The van der Waals surface area contributed by atoms with Crippen LogP contribution in [0.4, 0.5) is 0 Å². The van der Waals surface area contributed by atoms with Gasteiger partial charge in [0.05, 0.1) is 24.1 Å². The summed E-state index contributed by atoms with van der Waals surface area (Å²) < 4.78 is 1.63. The highest BCUT2D eigenvalue weighted by atomic mass is 16.1. The first-order chi connectivity index (χ1) is 11.2. The molecule has 0 bridgehead atoms. The van der Waals surface area contributed by atoms with Crippen LogP contribution in [0.5, 0.6) is 0 Å². The molecule has 118 valence electrons. The lowest BCUT2D eigenvalue weighted by Gasteiger charge is -2.13. The quantitative estimate of drug-likeness (QED) is 0.745. The summed E-state index contributed by atoms with van der Waals surface area (Å²) in [6, 6.07) is 6.93. The molecule has 0 spiro atoms. The van der Waals surface area contributed by atoms with E-state index in [0.29, 0.717) is 17.8 Å². The molecule has 0 aliphatic heterocycles. The molecule has 1 atom stereocenters. The van der Waals surface area contributed by atoms with E-state index in [1.165, 1.54) is 0 Å². The van der Waals surface area contributed by atoms with Crippen molar-refractivity contribution in [1.82, 2.24) is 35.5 Å². The van der Waals surface area contributed by atoms with Crippen molar-refractivity contribution in [3.8, 4) is 5.69 Å². The average Bonchev–Trinajstić information content (AvgIpc) is 3.24. The molecule has 0 aliphatic carbocycles. The molecule has 8 heteroatoms. The van der Waals surface area contributed by atoms with Gasteiger partial charge in [-0.05, 0) is 37.6 Å². The Morgan fingerprint density at radius 1 is 1.35 bits per heavy atom. The van der Waals surface area contributed by atoms with Crippen LogP contribution in [0.2, 0.25) is 0 Å². The summed E-state index contributed by atoms with van der Waals surface area (Å²) in [5.74, 6) is 1.16. The van der Waals surface area contributed by atoms with Crippen molar-refractivity contribution in [3.63, 3.8) is 0 Å². The Hall–Kier alpha value is -3.03. The fourth-order valence-electron chi connectivity index (χ4n) is 2.22. The topological polar surface area (TPSA) is 101 Å². The second kappa shape index (κ2) is 6.39. The molecule has 0 unspecified atom stereocenters. The highest BCUT2D eigenvalue weighted by Gasteiger charge is 2.17. The number of benzene rings is 1. The second-order valence-corrected chi connectivity index (χ2v) is 5.11.